The van der Waals surface area contributed by atoms with E-state index in [1.807, 2.05) is 0 Å². The van der Waals surface area contributed by atoms with Gasteiger partial charge >= 0.3 is 0 Å². The van der Waals surface area contributed by atoms with Crippen LogP contribution in [0.1, 0.15) is 17.7 Å². The number of hydrogen-bond acceptors (Lipinski definition) is 3. The van der Waals surface area contributed by atoms with E-state index in [1.165, 1.54) is 17.7 Å². The summed E-state index contributed by atoms with van der Waals surface area (Å²) in [4.78, 5) is 17.8. The molecule has 0 aliphatic heterocycles. The lowest BCUT2D eigenvalue weighted by atomic mass is 10.3. The van der Waals surface area contributed by atoms with Crippen LogP contribution in [0.4, 0.5) is 0 Å². The molecule has 1 aliphatic rings. The summed E-state index contributed by atoms with van der Waals surface area (Å²) in [6, 6.07) is 4.78. The van der Waals surface area contributed by atoms with Crippen LogP contribution in [0.25, 0.3) is 0 Å². The van der Waals surface area contributed by atoms with E-state index in [2.05, 4.69) is 35.6 Å². The Balaban J connectivity index is 1.94. The van der Waals surface area contributed by atoms with Gasteiger partial charge in [-0.25, -0.2) is 0 Å². The zero-order valence-corrected chi connectivity index (χ0v) is 12.6. The van der Waals surface area contributed by atoms with E-state index in [4.69, 9.17) is 0 Å². The molecule has 1 aliphatic carbocycles. The lowest BCUT2D eigenvalue weighted by Gasteiger charge is -2.25. The van der Waals surface area contributed by atoms with Crippen LogP contribution in [0, 0.1) is 0 Å². The van der Waals surface area contributed by atoms with Gasteiger partial charge in [-0.3, -0.25) is 9.69 Å². The van der Waals surface area contributed by atoms with Gasteiger partial charge in [0.25, 0.3) is 0 Å². The number of rotatable bonds is 9. The zero-order valence-electron chi connectivity index (χ0n) is 11.8. The molecule has 0 unspecified atom stereocenters. The Labute approximate surface area is 125 Å². The monoisotopic (exact) mass is 290 g/mol. The van der Waals surface area contributed by atoms with Gasteiger partial charge in [0.05, 0.1) is 6.54 Å². The average molecular weight is 290 g/mol. The van der Waals surface area contributed by atoms with Crippen LogP contribution in [0.3, 0.4) is 0 Å². The normalized spacial score (nSPS) is 14.2. The fourth-order valence-electron chi connectivity index (χ4n) is 2.22. The first-order chi connectivity index (χ1) is 9.74. The van der Waals surface area contributed by atoms with E-state index in [0.29, 0.717) is 25.7 Å². The molecule has 2 rings (SSSR count). The Kier molecular flexibility index (Phi) is 5.56. The molecule has 1 amide bonds. The van der Waals surface area contributed by atoms with Crippen molar-refractivity contribution in [3.8, 4) is 0 Å². The Hall–Kier alpha value is -1.39. The molecule has 0 saturated heterocycles. The van der Waals surface area contributed by atoms with Crippen LogP contribution in [-0.2, 0) is 11.3 Å². The molecule has 1 saturated carbocycles. The first-order valence-electron chi connectivity index (χ1n) is 7.00. The summed E-state index contributed by atoms with van der Waals surface area (Å²) < 4.78 is 0. The van der Waals surface area contributed by atoms with Crippen molar-refractivity contribution in [3.63, 3.8) is 0 Å². The lowest BCUT2D eigenvalue weighted by molar-refractivity contribution is -0.131. The molecule has 1 fully saturated rings. The van der Waals surface area contributed by atoms with E-state index >= 15 is 0 Å². The third-order valence-corrected chi connectivity index (χ3v) is 4.25. The molecule has 0 radical (unpaired) electrons. The van der Waals surface area contributed by atoms with E-state index in [0.717, 1.165) is 6.54 Å². The van der Waals surface area contributed by atoms with Gasteiger partial charge in [0, 0.05) is 30.6 Å². The SMILES string of the molecule is C=CCN(CC=C)C(=O)CN(Cc1cccs1)C1CC1. The highest BCUT2D eigenvalue weighted by molar-refractivity contribution is 7.09. The topological polar surface area (TPSA) is 23.6 Å². The summed E-state index contributed by atoms with van der Waals surface area (Å²) in [5.74, 6) is 0.160. The van der Waals surface area contributed by atoms with Crippen molar-refractivity contribution in [2.24, 2.45) is 0 Å². The fourth-order valence-corrected chi connectivity index (χ4v) is 2.95. The van der Waals surface area contributed by atoms with Gasteiger partial charge in [0.1, 0.15) is 0 Å². The minimum Gasteiger partial charge on any atom is -0.334 e. The molecule has 108 valence electrons. The third kappa shape index (κ3) is 4.32. The summed E-state index contributed by atoms with van der Waals surface area (Å²) in [7, 11) is 0. The van der Waals surface area contributed by atoms with Crippen LogP contribution in [0.5, 0.6) is 0 Å². The zero-order chi connectivity index (χ0) is 14.4. The van der Waals surface area contributed by atoms with Crippen LogP contribution in [0.2, 0.25) is 0 Å². The summed E-state index contributed by atoms with van der Waals surface area (Å²) in [5.41, 5.74) is 0. The van der Waals surface area contributed by atoms with Crippen molar-refractivity contribution in [1.29, 1.82) is 0 Å². The molecule has 0 bridgehead atoms. The second-order valence-electron chi connectivity index (χ2n) is 5.09. The molecule has 3 nitrogen and oxygen atoms in total. The number of thiophene rings is 1. The second-order valence-corrected chi connectivity index (χ2v) is 6.12. The number of carbonyl (C=O) groups is 1. The minimum atomic E-state index is 0.160. The molecule has 20 heavy (non-hydrogen) atoms. The first kappa shape index (κ1) is 15.0. The van der Waals surface area contributed by atoms with E-state index in [-0.39, 0.29) is 5.91 Å². The molecular weight excluding hydrogens is 268 g/mol. The van der Waals surface area contributed by atoms with Gasteiger partial charge in [-0.15, -0.1) is 24.5 Å². The number of amides is 1. The maximum atomic E-state index is 12.4. The van der Waals surface area contributed by atoms with Crippen LogP contribution in [0.15, 0.2) is 42.8 Å². The molecule has 0 spiro atoms. The molecule has 1 aromatic rings. The summed E-state index contributed by atoms with van der Waals surface area (Å²) >= 11 is 1.75. The Morgan fingerprint density at radius 1 is 1.35 bits per heavy atom. The predicted molar refractivity (Wildman–Crippen MR) is 84.7 cm³/mol. The van der Waals surface area contributed by atoms with Gasteiger partial charge in [0.2, 0.25) is 5.91 Å². The van der Waals surface area contributed by atoms with Crippen molar-refractivity contribution < 1.29 is 4.79 Å². The lowest BCUT2D eigenvalue weighted by Crippen LogP contribution is -2.41. The van der Waals surface area contributed by atoms with Gasteiger partial charge < -0.3 is 4.90 Å². The molecular formula is C16H22N2OS. The summed E-state index contributed by atoms with van der Waals surface area (Å²) in [6.45, 7) is 9.97. The molecule has 4 heteroatoms. The van der Waals surface area contributed by atoms with Gasteiger partial charge in [0.15, 0.2) is 0 Å². The second kappa shape index (κ2) is 7.41. The van der Waals surface area contributed by atoms with E-state index < -0.39 is 0 Å². The Morgan fingerprint density at radius 3 is 2.55 bits per heavy atom. The Bertz CT molecular complexity index is 441. The number of hydrogen-bond donors (Lipinski definition) is 0. The van der Waals surface area contributed by atoms with Crippen molar-refractivity contribution >= 4 is 17.2 Å². The third-order valence-electron chi connectivity index (χ3n) is 3.39. The van der Waals surface area contributed by atoms with Crippen molar-refractivity contribution in [2.75, 3.05) is 19.6 Å². The smallest absolute Gasteiger partial charge is 0.237 e. The molecule has 1 aromatic heterocycles. The maximum Gasteiger partial charge on any atom is 0.237 e. The van der Waals surface area contributed by atoms with Crippen LogP contribution >= 0.6 is 11.3 Å². The van der Waals surface area contributed by atoms with Gasteiger partial charge in [-0.1, -0.05) is 18.2 Å². The van der Waals surface area contributed by atoms with Crippen LogP contribution < -0.4 is 0 Å². The van der Waals surface area contributed by atoms with Gasteiger partial charge in [-0.05, 0) is 24.3 Å². The largest absolute Gasteiger partial charge is 0.334 e. The quantitative estimate of drug-likeness (QED) is 0.653. The number of nitrogens with zero attached hydrogens (tertiary/aromatic N) is 2. The summed E-state index contributed by atoms with van der Waals surface area (Å²) in [5, 5.41) is 2.09. The highest BCUT2D eigenvalue weighted by Crippen LogP contribution is 2.29. The van der Waals surface area contributed by atoms with Crippen molar-refractivity contribution in [3.05, 3.63) is 47.7 Å². The van der Waals surface area contributed by atoms with Crippen molar-refractivity contribution in [2.45, 2.75) is 25.4 Å². The Morgan fingerprint density at radius 2 is 2.05 bits per heavy atom. The maximum absolute atomic E-state index is 12.4. The van der Waals surface area contributed by atoms with Crippen molar-refractivity contribution in [1.82, 2.24) is 9.80 Å². The minimum absolute atomic E-state index is 0.160. The molecule has 0 aromatic carbocycles. The molecule has 0 N–H and O–H groups in total. The fraction of sp³-hybridized carbons (Fsp3) is 0.438. The van der Waals surface area contributed by atoms with Crippen LogP contribution in [-0.4, -0.2) is 41.4 Å². The average Bonchev–Trinajstić information content (AvgIpc) is 3.16. The first-order valence-corrected chi connectivity index (χ1v) is 7.88. The highest BCUT2D eigenvalue weighted by atomic mass is 32.1. The van der Waals surface area contributed by atoms with E-state index in [1.54, 1.807) is 28.4 Å². The van der Waals surface area contributed by atoms with E-state index in [9.17, 15) is 4.79 Å². The van der Waals surface area contributed by atoms with Gasteiger partial charge in [-0.2, -0.15) is 0 Å². The standard InChI is InChI=1S/C16H22N2OS/c1-3-9-17(10-4-2)16(19)13-18(14-7-8-14)12-15-6-5-11-20-15/h3-6,11,14H,1-2,7-10,12-13H2. The predicted octanol–water partition coefficient (Wildman–Crippen LogP) is 2.91. The molecule has 0 atom stereocenters. The summed E-state index contributed by atoms with van der Waals surface area (Å²) in [6.07, 6.45) is 5.95. The highest BCUT2D eigenvalue weighted by Gasteiger charge is 2.31. The molecule has 1 heterocycles. The number of carbonyl (C=O) groups excluding carboxylic acids is 1.